The summed E-state index contributed by atoms with van der Waals surface area (Å²) in [6.07, 6.45) is 0.124. The number of hydrogen-bond acceptors (Lipinski definition) is 5. The van der Waals surface area contributed by atoms with Gasteiger partial charge in [-0.05, 0) is 36.4 Å². The largest absolute Gasteiger partial charge is 0.383 e. The van der Waals surface area contributed by atoms with Crippen LogP contribution < -0.4 is 15.4 Å². The molecule has 2 heterocycles. The molecule has 3 N–H and O–H groups in total. The van der Waals surface area contributed by atoms with Crippen molar-refractivity contribution >= 4 is 38.4 Å². The molecule has 1 unspecified atom stereocenters. The molecule has 1 atom stereocenters. The normalized spacial score (nSPS) is 15.6. The van der Waals surface area contributed by atoms with E-state index in [2.05, 4.69) is 15.4 Å². The fourth-order valence-electron chi connectivity index (χ4n) is 3.91. The second kappa shape index (κ2) is 9.39. The molecule has 2 amide bonds. The van der Waals surface area contributed by atoms with Crippen molar-refractivity contribution < 1.29 is 31.5 Å². The van der Waals surface area contributed by atoms with Crippen molar-refractivity contribution in [2.45, 2.75) is 17.4 Å². The third-order valence-electron chi connectivity index (χ3n) is 5.42. The molecule has 2 aromatic carbocycles. The zero-order chi connectivity index (χ0) is 24.5. The molecule has 180 valence electrons. The number of anilines is 1. The number of aromatic nitrogens is 1. The van der Waals surface area contributed by atoms with Gasteiger partial charge in [-0.25, -0.2) is 17.2 Å². The Morgan fingerprint density at radius 1 is 1.21 bits per heavy atom. The Bertz CT molecular complexity index is 1370. The second-order valence-corrected chi connectivity index (χ2v) is 9.41. The standard InChI is InChI=1S/C22H22F2N4O5S/c1-33-7-6-25-21(29)11-16-12-26-22(30)19-9-13-8-15(3-4-18(13)28(16)19)27-34(31,32)20-5-2-14(23)10-17(20)24/h2-5,8-10,16,27H,6-7,11-12H2,1H3,(H,25,29)(H,26,30). The lowest BCUT2D eigenvalue weighted by Gasteiger charge is -2.27. The number of amides is 2. The van der Waals surface area contributed by atoms with E-state index < -0.39 is 26.6 Å². The summed E-state index contributed by atoms with van der Waals surface area (Å²) in [6, 6.07) is 8.02. The number of hydrogen-bond donors (Lipinski definition) is 3. The van der Waals surface area contributed by atoms with E-state index in [1.54, 1.807) is 16.7 Å². The average Bonchev–Trinajstić information content (AvgIpc) is 3.15. The highest BCUT2D eigenvalue weighted by Crippen LogP contribution is 2.31. The van der Waals surface area contributed by atoms with E-state index in [4.69, 9.17) is 4.74 Å². The van der Waals surface area contributed by atoms with Gasteiger partial charge in [0.05, 0.1) is 12.6 Å². The number of carbonyl (C=O) groups excluding carboxylic acids is 2. The highest BCUT2D eigenvalue weighted by Gasteiger charge is 2.29. The average molecular weight is 493 g/mol. The van der Waals surface area contributed by atoms with E-state index in [0.717, 1.165) is 12.1 Å². The number of methoxy groups -OCH3 is 1. The molecular weight excluding hydrogens is 470 g/mol. The van der Waals surface area contributed by atoms with E-state index in [9.17, 15) is 26.8 Å². The molecule has 34 heavy (non-hydrogen) atoms. The van der Waals surface area contributed by atoms with Crippen LogP contribution in [0.5, 0.6) is 0 Å². The summed E-state index contributed by atoms with van der Waals surface area (Å²) in [4.78, 5) is 24.0. The number of rotatable bonds is 8. The Hall–Kier alpha value is -3.51. The maximum absolute atomic E-state index is 14.0. The Morgan fingerprint density at radius 3 is 2.74 bits per heavy atom. The summed E-state index contributed by atoms with van der Waals surface area (Å²) in [6.45, 7) is 1.00. The summed E-state index contributed by atoms with van der Waals surface area (Å²) in [5.41, 5.74) is 1.10. The number of carbonyl (C=O) groups is 2. The first-order valence-corrected chi connectivity index (χ1v) is 11.8. The van der Waals surface area contributed by atoms with E-state index in [-0.39, 0.29) is 36.5 Å². The second-order valence-electron chi connectivity index (χ2n) is 7.76. The number of benzene rings is 2. The van der Waals surface area contributed by atoms with Crippen molar-refractivity contribution in [2.75, 3.05) is 31.5 Å². The summed E-state index contributed by atoms with van der Waals surface area (Å²) in [7, 11) is -2.79. The van der Waals surface area contributed by atoms with E-state index in [0.29, 0.717) is 35.8 Å². The predicted octanol–water partition coefficient (Wildman–Crippen LogP) is 2.16. The van der Waals surface area contributed by atoms with Crippen LogP contribution in [0.2, 0.25) is 0 Å². The number of nitrogens with one attached hydrogen (secondary N) is 3. The van der Waals surface area contributed by atoms with Gasteiger partial charge in [-0.2, -0.15) is 0 Å². The minimum Gasteiger partial charge on any atom is -0.383 e. The van der Waals surface area contributed by atoms with Gasteiger partial charge in [-0.15, -0.1) is 0 Å². The van der Waals surface area contributed by atoms with Gasteiger partial charge in [0.25, 0.3) is 15.9 Å². The molecule has 4 rings (SSSR count). The number of ether oxygens (including phenoxy) is 1. The molecule has 0 aliphatic carbocycles. The van der Waals surface area contributed by atoms with Crippen LogP contribution in [0.3, 0.4) is 0 Å². The summed E-state index contributed by atoms with van der Waals surface area (Å²) in [5, 5.41) is 6.06. The van der Waals surface area contributed by atoms with Crippen LogP contribution in [0.4, 0.5) is 14.5 Å². The molecule has 0 bridgehead atoms. The van der Waals surface area contributed by atoms with Crippen molar-refractivity contribution in [3.8, 4) is 0 Å². The Labute approximate surface area is 194 Å². The predicted molar refractivity (Wildman–Crippen MR) is 120 cm³/mol. The van der Waals surface area contributed by atoms with Crippen LogP contribution in [0, 0.1) is 11.6 Å². The molecule has 0 fully saturated rings. The van der Waals surface area contributed by atoms with E-state index in [1.165, 1.54) is 19.2 Å². The van der Waals surface area contributed by atoms with Gasteiger partial charge in [0.2, 0.25) is 5.91 Å². The minimum atomic E-state index is -4.32. The maximum atomic E-state index is 14.0. The molecule has 1 aliphatic heterocycles. The van der Waals surface area contributed by atoms with Crippen LogP contribution >= 0.6 is 0 Å². The molecule has 1 aromatic heterocycles. The molecule has 12 heteroatoms. The lowest BCUT2D eigenvalue weighted by Crippen LogP contribution is -2.41. The Balaban J connectivity index is 1.62. The first kappa shape index (κ1) is 23.6. The number of sulfonamides is 1. The van der Waals surface area contributed by atoms with Crippen LogP contribution in [-0.4, -0.2) is 51.6 Å². The molecule has 0 saturated heterocycles. The van der Waals surface area contributed by atoms with Gasteiger partial charge in [0.15, 0.2) is 0 Å². The van der Waals surface area contributed by atoms with Crippen molar-refractivity contribution in [2.24, 2.45) is 0 Å². The highest BCUT2D eigenvalue weighted by atomic mass is 32.2. The first-order chi connectivity index (χ1) is 16.2. The Morgan fingerprint density at radius 2 is 2.00 bits per heavy atom. The van der Waals surface area contributed by atoms with Gasteiger partial charge in [0, 0.05) is 49.3 Å². The van der Waals surface area contributed by atoms with Crippen LogP contribution in [-0.2, 0) is 19.6 Å². The van der Waals surface area contributed by atoms with Crippen molar-refractivity contribution in [1.29, 1.82) is 0 Å². The lowest BCUT2D eigenvalue weighted by molar-refractivity contribution is -0.122. The number of halogens is 2. The van der Waals surface area contributed by atoms with Crippen molar-refractivity contribution in [3.63, 3.8) is 0 Å². The van der Waals surface area contributed by atoms with Gasteiger partial charge in [0.1, 0.15) is 22.2 Å². The van der Waals surface area contributed by atoms with Gasteiger partial charge in [-0.3, -0.25) is 14.3 Å². The first-order valence-electron chi connectivity index (χ1n) is 10.4. The summed E-state index contributed by atoms with van der Waals surface area (Å²) < 4.78 is 61.3. The number of nitrogens with zero attached hydrogens (tertiary/aromatic N) is 1. The smallest absolute Gasteiger partial charge is 0.268 e. The van der Waals surface area contributed by atoms with Gasteiger partial charge < -0.3 is 19.9 Å². The molecule has 3 aromatic rings. The molecular formula is C22H22F2N4O5S. The highest BCUT2D eigenvalue weighted by molar-refractivity contribution is 7.92. The van der Waals surface area contributed by atoms with Crippen molar-refractivity contribution in [1.82, 2.24) is 15.2 Å². The quantitative estimate of drug-likeness (QED) is 0.417. The molecule has 0 radical (unpaired) electrons. The van der Waals surface area contributed by atoms with Crippen molar-refractivity contribution in [3.05, 3.63) is 59.8 Å². The van der Waals surface area contributed by atoms with E-state index in [1.807, 2.05) is 0 Å². The lowest BCUT2D eigenvalue weighted by atomic mass is 10.1. The summed E-state index contributed by atoms with van der Waals surface area (Å²) >= 11 is 0. The molecule has 9 nitrogen and oxygen atoms in total. The summed E-state index contributed by atoms with van der Waals surface area (Å²) in [5.74, 6) is -2.62. The monoisotopic (exact) mass is 492 g/mol. The van der Waals surface area contributed by atoms with E-state index >= 15 is 0 Å². The number of fused-ring (bicyclic) bond motifs is 3. The zero-order valence-electron chi connectivity index (χ0n) is 18.1. The van der Waals surface area contributed by atoms with Crippen LogP contribution in [0.15, 0.2) is 47.4 Å². The fraction of sp³-hybridized carbons (Fsp3) is 0.273. The molecule has 0 saturated carbocycles. The topological polar surface area (TPSA) is 119 Å². The SMILES string of the molecule is COCCNC(=O)CC1CNC(=O)c2cc3cc(NS(=O)(=O)c4ccc(F)cc4F)ccc3n21. The molecule has 1 aliphatic rings. The van der Waals surface area contributed by atoms with Gasteiger partial charge in [-0.1, -0.05) is 0 Å². The zero-order valence-corrected chi connectivity index (χ0v) is 18.9. The van der Waals surface area contributed by atoms with Crippen LogP contribution in [0.25, 0.3) is 10.9 Å². The van der Waals surface area contributed by atoms with Crippen LogP contribution in [0.1, 0.15) is 23.0 Å². The Kier molecular flexibility index (Phi) is 6.53. The minimum absolute atomic E-state index is 0.124. The maximum Gasteiger partial charge on any atom is 0.268 e. The fourth-order valence-corrected chi connectivity index (χ4v) is 5.02. The van der Waals surface area contributed by atoms with Gasteiger partial charge >= 0.3 is 0 Å². The third kappa shape index (κ3) is 4.73. The molecule has 0 spiro atoms. The third-order valence-corrected chi connectivity index (χ3v) is 6.83.